The molecule has 0 aliphatic carbocycles. The molecule has 1 aliphatic rings. The molecule has 0 aromatic carbocycles. The molecular weight excluding hydrogens is 242 g/mol. The van der Waals surface area contributed by atoms with E-state index in [4.69, 9.17) is 0 Å². The summed E-state index contributed by atoms with van der Waals surface area (Å²) in [6.07, 6.45) is -5.23. The zero-order valence-corrected chi connectivity index (χ0v) is 6.72. The lowest BCUT2D eigenvalue weighted by atomic mass is 10.4. The van der Waals surface area contributed by atoms with Crippen molar-refractivity contribution in [2.45, 2.75) is 11.4 Å². The van der Waals surface area contributed by atoms with Gasteiger partial charge in [-0.2, -0.15) is 34.6 Å². The van der Waals surface area contributed by atoms with Crippen molar-refractivity contribution in [1.82, 2.24) is 0 Å². The summed E-state index contributed by atoms with van der Waals surface area (Å²) >= 11 is 0. The molecule has 1 rings (SSSR count). The first-order valence-electron chi connectivity index (χ1n) is 2.79. The second-order valence-corrected chi connectivity index (χ2v) is 3.79. The smallest absolute Gasteiger partial charge is 0.200 e. The van der Waals surface area contributed by atoms with Crippen LogP contribution in [0.1, 0.15) is 0 Å². The first-order chi connectivity index (χ1) is 6.02. The minimum Gasteiger partial charge on any atom is -0.200 e. The van der Waals surface area contributed by atoms with Gasteiger partial charge in [0.25, 0.3) is 0 Å². The summed E-state index contributed by atoms with van der Waals surface area (Å²) < 4.78 is 95.7. The molecule has 3 nitrogen and oxygen atoms in total. The molecule has 0 atom stereocenters. The molecule has 82 valence electrons. The maximum Gasteiger partial charge on any atom is 0.426 e. The van der Waals surface area contributed by atoms with Gasteiger partial charge >= 0.3 is 21.5 Å². The quantitative estimate of drug-likeness (QED) is 0.479. The van der Waals surface area contributed by atoms with E-state index in [-0.39, 0.29) is 0 Å². The standard InChI is InChI=1S/C4F6O3S/c5-1-2(6)4(9,10)14(11,12)13-3(1,7)8. The van der Waals surface area contributed by atoms with Gasteiger partial charge in [-0.05, 0) is 0 Å². The van der Waals surface area contributed by atoms with E-state index in [2.05, 4.69) is 4.18 Å². The van der Waals surface area contributed by atoms with Crippen molar-refractivity contribution < 1.29 is 38.9 Å². The molecule has 1 aliphatic heterocycles. The SMILES string of the molecule is O=S1(=O)OC(F)(F)C(F)=C(F)C1(F)F. The number of alkyl halides is 4. The van der Waals surface area contributed by atoms with Crippen LogP contribution >= 0.6 is 0 Å². The summed E-state index contributed by atoms with van der Waals surface area (Å²) in [5.74, 6) is -6.62. The third kappa shape index (κ3) is 1.29. The molecule has 0 saturated carbocycles. The molecular formula is C4F6O3S. The Hall–Kier alpha value is -0.770. The second-order valence-electron chi connectivity index (χ2n) is 2.20. The number of rotatable bonds is 0. The summed E-state index contributed by atoms with van der Waals surface area (Å²) in [5, 5.41) is -5.43. The molecule has 14 heavy (non-hydrogen) atoms. The van der Waals surface area contributed by atoms with E-state index >= 15 is 0 Å². The maximum absolute atomic E-state index is 12.3. The van der Waals surface area contributed by atoms with Crippen molar-refractivity contribution in [2.24, 2.45) is 0 Å². The summed E-state index contributed by atoms with van der Waals surface area (Å²) in [6.45, 7) is 0. The van der Waals surface area contributed by atoms with E-state index in [1.807, 2.05) is 0 Å². The third-order valence-electron chi connectivity index (χ3n) is 1.23. The fraction of sp³-hybridized carbons (Fsp3) is 0.500. The minimum atomic E-state index is -6.21. The number of hydrogen-bond donors (Lipinski definition) is 0. The van der Waals surface area contributed by atoms with E-state index < -0.39 is 33.1 Å². The Morgan fingerprint density at radius 2 is 1.43 bits per heavy atom. The summed E-state index contributed by atoms with van der Waals surface area (Å²) in [6, 6.07) is 0. The van der Waals surface area contributed by atoms with Crippen LogP contribution in [0.4, 0.5) is 26.3 Å². The lowest BCUT2D eigenvalue weighted by Gasteiger charge is -2.24. The highest BCUT2D eigenvalue weighted by atomic mass is 32.2. The molecule has 0 fully saturated rings. The van der Waals surface area contributed by atoms with E-state index in [1.165, 1.54) is 0 Å². The molecule has 0 aromatic rings. The molecule has 0 aromatic heterocycles. The first kappa shape index (κ1) is 11.3. The Bertz CT molecular complexity index is 395. The highest BCUT2D eigenvalue weighted by Crippen LogP contribution is 2.46. The molecule has 0 amide bonds. The zero-order chi connectivity index (χ0) is 11.4. The van der Waals surface area contributed by atoms with Gasteiger partial charge in [0, 0.05) is 0 Å². The Morgan fingerprint density at radius 3 is 1.86 bits per heavy atom. The van der Waals surface area contributed by atoms with E-state index in [1.54, 1.807) is 0 Å². The van der Waals surface area contributed by atoms with E-state index in [9.17, 15) is 34.8 Å². The van der Waals surface area contributed by atoms with Crippen LogP contribution in [0.5, 0.6) is 0 Å². The van der Waals surface area contributed by atoms with Crippen molar-refractivity contribution in [3.05, 3.63) is 11.7 Å². The van der Waals surface area contributed by atoms with Crippen LogP contribution < -0.4 is 0 Å². The zero-order valence-electron chi connectivity index (χ0n) is 5.90. The van der Waals surface area contributed by atoms with Crippen LogP contribution in [-0.2, 0) is 14.3 Å². The van der Waals surface area contributed by atoms with Gasteiger partial charge in [-0.1, -0.05) is 0 Å². The number of halogens is 6. The fourth-order valence-corrected chi connectivity index (χ4v) is 1.35. The molecule has 0 bridgehead atoms. The van der Waals surface area contributed by atoms with E-state index in [0.29, 0.717) is 0 Å². The Labute approximate surface area is 73.1 Å². The summed E-state index contributed by atoms with van der Waals surface area (Å²) in [4.78, 5) is 0. The van der Waals surface area contributed by atoms with Gasteiger partial charge in [0.15, 0.2) is 0 Å². The molecule has 0 radical (unpaired) electrons. The average Bonchev–Trinajstić information content (AvgIpc) is 1.97. The van der Waals surface area contributed by atoms with Crippen LogP contribution in [0, 0.1) is 0 Å². The normalized spacial score (nSPS) is 29.0. The van der Waals surface area contributed by atoms with Crippen LogP contribution in [0.2, 0.25) is 0 Å². The van der Waals surface area contributed by atoms with Crippen molar-refractivity contribution in [1.29, 1.82) is 0 Å². The van der Waals surface area contributed by atoms with Crippen molar-refractivity contribution in [3.8, 4) is 0 Å². The minimum absolute atomic E-state index is 2.48. The van der Waals surface area contributed by atoms with Crippen molar-refractivity contribution in [2.75, 3.05) is 0 Å². The topological polar surface area (TPSA) is 43.4 Å². The van der Waals surface area contributed by atoms with Crippen LogP contribution in [0.25, 0.3) is 0 Å². The van der Waals surface area contributed by atoms with Crippen LogP contribution in [0.3, 0.4) is 0 Å². The molecule has 10 heteroatoms. The lowest BCUT2D eigenvalue weighted by Crippen LogP contribution is -2.43. The van der Waals surface area contributed by atoms with Crippen molar-refractivity contribution in [3.63, 3.8) is 0 Å². The third-order valence-corrected chi connectivity index (χ3v) is 2.47. The first-order valence-corrected chi connectivity index (χ1v) is 4.20. The van der Waals surface area contributed by atoms with Gasteiger partial charge in [-0.25, -0.2) is 4.39 Å². The largest absolute Gasteiger partial charge is 0.426 e. The lowest BCUT2D eigenvalue weighted by molar-refractivity contribution is -0.170. The highest BCUT2D eigenvalue weighted by molar-refractivity contribution is 7.88. The average molecular weight is 242 g/mol. The Morgan fingerprint density at radius 1 is 1.00 bits per heavy atom. The van der Waals surface area contributed by atoms with Gasteiger partial charge in [-0.3, -0.25) is 0 Å². The van der Waals surface area contributed by atoms with Gasteiger partial charge in [0.05, 0.1) is 0 Å². The molecule has 0 spiro atoms. The van der Waals surface area contributed by atoms with Crippen LogP contribution in [0.15, 0.2) is 11.7 Å². The van der Waals surface area contributed by atoms with Gasteiger partial charge in [0.2, 0.25) is 11.7 Å². The second kappa shape index (κ2) is 2.63. The number of hydrogen-bond acceptors (Lipinski definition) is 3. The fourth-order valence-electron chi connectivity index (χ4n) is 0.592. The van der Waals surface area contributed by atoms with Gasteiger partial charge in [-0.15, -0.1) is 0 Å². The monoisotopic (exact) mass is 242 g/mol. The summed E-state index contributed by atoms with van der Waals surface area (Å²) in [5.41, 5.74) is 0. The van der Waals surface area contributed by atoms with Crippen molar-refractivity contribution >= 4 is 10.1 Å². The Kier molecular flexibility index (Phi) is 2.12. The highest BCUT2D eigenvalue weighted by Gasteiger charge is 2.65. The molecule has 0 N–H and O–H groups in total. The molecule has 0 unspecified atom stereocenters. The van der Waals surface area contributed by atoms with Gasteiger partial charge < -0.3 is 0 Å². The molecule has 0 saturated heterocycles. The predicted molar refractivity (Wildman–Crippen MR) is 29.1 cm³/mol. The summed E-state index contributed by atoms with van der Waals surface area (Å²) in [7, 11) is -6.21. The van der Waals surface area contributed by atoms with Crippen LogP contribution in [-0.4, -0.2) is 19.8 Å². The van der Waals surface area contributed by atoms with E-state index in [0.717, 1.165) is 0 Å². The van der Waals surface area contributed by atoms with Gasteiger partial charge in [0.1, 0.15) is 0 Å². The molecule has 1 heterocycles. The predicted octanol–water partition coefficient (Wildman–Crippen LogP) is 1.68. The Balaban J connectivity index is 3.50. The maximum atomic E-state index is 12.3.